The molecule has 23 heavy (non-hydrogen) atoms. The SMILES string of the molecule is COC(=O)NC1(C(=O)c2ccccc2)Cc2ccc(Cl)cc2N1. The molecule has 2 N–H and O–H groups in total. The van der Waals surface area contributed by atoms with Gasteiger partial charge in [0.2, 0.25) is 5.78 Å². The van der Waals surface area contributed by atoms with Crippen molar-refractivity contribution < 1.29 is 14.3 Å². The minimum atomic E-state index is -1.29. The number of Topliss-reactive ketones (excluding diaryl/α,β-unsaturated/α-hetero) is 1. The van der Waals surface area contributed by atoms with Gasteiger partial charge in [-0.2, -0.15) is 0 Å². The van der Waals surface area contributed by atoms with Crippen molar-refractivity contribution in [2.75, 3.05) is 12.4 Å². The zero-order valence-corrected chi connectivity index (χ0v) is 13.2. The summed E-state index contributed by atoms with van der Waals surface area (Å²) in [5, 5.41) is 6.30. The summed E-state index contributed by atoms with van der Waals surface area (Å²) in [4.78, 5) is 24.8. The molecule has 1 heterocycles. The lowest BCUT2D eigenvalue weighted by Gasteiger charge is -2.29. The van der Waals surface area contributed by atoms with Crippen molar-refractivity contribution in [3.63, 3.8) is 0 Å². The van der Waals surface area contributed by atoms with Gasteiger partial charge in [-0.1, -0.05) is 48.0 Å². The summed E-state index contributed by atoms with van der Waals surface area (Å²) in [6.07, 6.45) is -0.372. The minimum absolute atomic E-state index is 0.240. The first-order valence-corrected chi connectivity index (χ1v) is 7.44. The molecule has 0 saturated carbocycles. The Morgan fingerprint density at radius 1 is 1.22 bits per heavy atom. The number of hydrogen-bond donors (Lipinski definition) is 2. The second-order valence-corrected chi connectivity index (χ2v) is 5.76. The number of rotatable bonds is 3. The van der Waals surface area contributed by atoms with Crippen LogP contribution in [0.15, 0.2) is 48.5 Å². The van der Waals surface area contributed by atoms with Gasteiger partial charge in [-0.05, 0) is 17.7 Å². The molecule has 5 nitrogen and oxygen atoms in total. The molecule has 0 radical (unpaired) electrons. The first kappa shape index (κ1) is 15.4. The maximum absolute atomic E-state index is 13.0. The highest BCUT2D eigenvalue weighted by atomic mass is 35.5. The van der Waals surface area contributed by atoms with Crippen LogP contribution in [-0.2, 0) is 11.2 Å². The quantitative estimate of drug-likeness (QED) is 0.848. The van der Waals surface area contributed by atoms with Gasteiger partial charge < -0.3 is 10.1 Å². The van der Waals surface area contributed by atoms with Crippen molar-refractivity contribution in [3.8, 4) is 0 Å². The smallest absolute Gasteiger partial charge is 0.409 e. The van der Waals surface area contributed by atoms with Gasteiger partial charge in [0.1, 0.15) is 0 Å². The van der Waals surface area contributed by atoms with Crippen LogP contribution >= 0.6 is 11.6 Å². The van der Waals surface area contributed by atoms with Gasteiger partial charge >= 0.3 is 6.09 Å². The van der Waals surface area contributed by atoms with Gasteiger partial charge in [-0.3, -0.25) is 10.1 Å². The van der Waals surface area contributed by atoms with E-state index in [0.717, 1.165) is 11.3 Å². The third-order valence-corrected chi connectivity index (χ3v) is 4.04. The lowest BCUT2D eigenvalue weighted by atomic mass is 9.94. The Kier molecular flexibility index (Phi) is 3.96. The monoisotopic (exact) mass is 330 g/mol. The van der Waals surface area contributed by atoms with Gasteiger partial charge in [0, 0.05) is 22.7 Å². The topological polar surface area (TPSA) is 67.4 Å². The van der Waals surface area contributed by atoms with Crippen molar-refractivity contribution in [1.82, 2.24) is 5.32 Å². The minimum Gasteiger partial charge on any atom is -0.453 e. The molecule has 0 saturated heterocycles. The van der Waals surface area contributed by atoms with E-state index < -0.39 is 11.8 Å². The number of alkyl carbamates (subject to hydrolysis) is 1. The normalized spacial score (nSPS) is 18.7. The first-order chi connectivity index (χ1) is 11.0. The van der Waals surface area contributed by atoms with E-state index in [1.54, 1.807) is 36.4 Å². The summed E-state index contributed by atoms with van der Waals surface area (Å²) in [6.45, 7) is 0. The lowest BCUT2D eigenvalue weighted by molar-refractivity contribution is 0.0864. The van der Waals surface area contributed by atoms with Gasteiger partial charge in [-0.25, -0.2) is 4.79 Å². The van der Waals surface area contributed by atoms with Crippen LogP contribution in [0.5, 0.6) is 0 Å². The summed E-state index contributed by atoms with van der Waals surface area (Å²) in [6, 6.07) is 14.1. The summed E-state index contributed by atoms with van der Waals surface area (Å²) in [7, 11) is 1.26. The van der Waals surface area contributed by atoms with Crippen LogP contribution < -0.4 is 10.6 Å². The highest BCUT2D eigenvalue weighted by Gasteiger charge is 2.45. The van der Waals surface area contributed by atoms with E-state index in [0.29, 0.717) is 17.0 Å². The molecule has 3 rings (SSSR count). The van der Waals surface area contributed by atoms with Gasteiger partial charge in [-0.15, -0.1) is 0 Å². The highest BCUT2D eigenvalue weighted by Crippen LogP contribution is 2.35. The van der Waals surface area contributed by atoms with Crippen LogP contribution in [-0.4, -0.2) is 24.6 Å². The number of benzene rings is 2. The van der Waals surface area contributed by atoms with E-state index in [-0.39, 0.29) is 5.78 Å². The van der Waals surface area contributed by atoms with Crippen LogP contribution in [0.2, 0.25) is 5.02 Å². The average Bonchev–Trinajstić information content (AvgIpc) is 2.93. The van der Waals surface area contributed by atoms with Crippen molar-refractivity contribution in [2.24, 2.45) is 0 Å². The molecule has 118 valence electrons. The van der Waals surface area contributed by atoms with E-state index in [4.69, 9.17) is 11.6 Å². The number of ether oxygens (including phenoxy) is 1. The molecule has 1 aliphatic rings. The van der Waals surface area contributed by atoms with E-state index in [9.17, 15) is 9.59 Å². The first-order valence-electron chi connectivity index (χ1n) is 7.07. The third-order valence-electron chi connectivity index (χ3n) is 3.80. The fraction of sp³-hybridized carbons (Fsp3) is 0.176. The zero-order valence-electron chi connectivity index (χ0n) is 12.4. The second-order valence-electron chi connectivity index (χ2n) is 5.32. The molecular weight excluding hydrogens is 316 g/mol. The summed E-state index contributed by atoms with van der Waals surface area (Å²) in [5.74, 6) is -0.240. The van der Waals surface area contributed by atoms with E-state index >= 15 is 0 Å². The Morgan fingerprint density at radius 2 is 1.96 bits per heavy atom. The number of anilines is 1. The van der Waals surface area contributed by atoms with Gasteiger partial charge in [0.15, 0.2) is 5.66 Å². The number of halogens is 1. The Balaban J connectivity index is 2.00. The zero-order chi connectivity index (χ0) is 16.4. The van der Waals surface area contributed by atoms with E-state index in [1.165, 1.54) is 7.11 Å². The van der Waals surface area contributed by atoms with Crippen LogP contribution in [0.3, 0.4) is 0 Å². The number of amides is 1. The Hall–Kier alpha value is -2.53. The van der Waals surface area contributed by atoms with E-state index in [1.807, 2.05) is 12.1 Å². The molecule has 0 bridgehead atoms. The standard InChI is InChI=1S/C17H15ClN2O3/c1-23-16(22)20-17(15(21)11-5-3-2-4-6-11)10-12-7-8-13(18)9-14(12)19-17/h2-9,19H,10H2,1H3,(H,20,22). The molecule has 1 amide bonds. The van der Waals surface area contributed by atoms with Crippen LogP contribution in [0, 0.1) is 0 Å². The number of carbonyl (C=O) groups is 2. The van der Waals surface area contributed by atoms with Gasteiger partial charge in [0.05, 0.1) is 7.11 Å². The Bertz CT molecular complexity index is 764. The molecule has 1 aliphatic heterocycles. The van der Waals surface area contributed by atoms with Gasteiger partial charge in [0.25, 0.3) is 0 Å². The number of nitrogens with one attached hydrogen (secondary N) is 2. The van der Waals surface area contributed by atoms with Crippen molar-refractivity contribution in [3.05, 3.63) is 64.7 Å². The van der Waals surface area contributed by atoms with Crippen molar-refractivity contribution >= 4 is 29.2 Å². The number of carbonyl (C=O) groups excluding carboxylic acids is 2. The number of methoxy groups -OCH3 is 1. The van der Waals surface area contributed by atoms with E-state index in [2.05, 4.69) is 15.4 Å². The number of ketones is 1. The molecule has 2 aromatic rings. The Labute approximate surface area is 138 Å². The molecule has 0 spiro atoms. The third kappa shape index (κ3) is 2.87. The number of fused-ring (bicyclic) bond motifs is 1. The summed E-state index contributed by atoms with van der Waals surface area (Å²) < 4.78 is 4.68. The molecule has 1 unspecified atom stereocenters. The molecule has 2 aromatic carbocycles. The largest absolute Gasteiger partial charge is 0.453 e. The molecular formula is C17H15ClN2O3. The molecule has 0 aliphatic carbocycles. The maximum Gasteiger partial charge on any atom is 0.409 e. The Morgan fingerprint density at radius 3 is 2.65 bits per heavy atom. The fourth-order valence-electron chi connectivity index (χ4n) is 2.71. The second kappa shape index (κ2) is 5.93. The predicted molar refractivity (Wildman–Crippen MR) is 87.8 cm³/mol. The highest BCUT2D eigenvalue weighted by molar-refractivity contribution is 6.31. The molecule has 0 aromatic heterocycles. The van der Waals surface area contributed by atoms with Crippen LogP contribution in [0.4, 0.5) is 10.5 Å². The fourth-order valence-corrected chi connectivity index (χ4v) is 2.88. The molecule has 0 fully saturated rings. The lowest BCUT2D eigenvalue weighted by Crippen LogP contribution is -2.59. The summed E-state index contributed by atoms with van der Waals surface area (Å²) >= 11 is 6.01. The van der Waals surface area contributed by atoms with Crippen LogP contribution in [0.25, 0.3) is 0 Å². The van der Waals surface area contributed by atoms with Crippen LogP contribution in [0.1, 0.15) is 15.9 Å². The summed E-state index contributed by atoms with van der Waals surface area (Å²) in [5.41, 5.74) is 0.824. The molecule has 1 atom stereocenters. The number of hydrogen-bond acceptors (Lipinski definition) is 4. The predicted octanol–water partition coefficient (Wildman–Crippen LogP) is 3.24. The average molecular weight is 331 g/mol. The molecule has 6 heteroatoms. The van der Waals surface area contributed by atoms with Crippen molar-refractivity contribution in [2.45, 2.75) is 12.1 Å². The maximum atomic E-state index is 13.0. The van der Waals surface area contributed by atoms with Crippen molar-refractivity contribution in [1.29, 1.82) is 0 Å².